The molecule has 2 saturated carbocycles. The molecule has 2 unspecified atom stereocenters. The number of hydrogen-bond donors (Lipinski definition) is 0. The minimum Gasteiger partial charge on any atom is -0.338 e. The van der Waals surface area contributed by atoms with E-state index in [0.29, 0.717) is 27.2 Å². The van der Waals surface area contributed by atoms with Gasteiger partial charge in [0.15, 0.2) is 0 Å². The predicted octanol–water partition coefficient (Wildman–Crippen LogP) is 14.3. The summed E-state index contributed by atoms with van der Waals surface area (Å²) in [7, 11) is -3.57. The fourth-order valence-corrected chi connectivity index (χ4v) is 11.6. The maximum atomic E-state index is 13.3. The Morgan fingerprint density at radius 2 is 1.02 bits per heavy atom. The van der Waals surface area contributed by atoms with Gasteiger partial charge in [-0.3, -0.25) is 0 Å². The minimum atomic E-state index is -3.57. The first-order valence-electron chi connectivity index (χ1n) is 21.3. The lowest BCUT2D eigenvalue weighted by molar-refractivity contribution is 0.165. The lowest BCUT2D eigenvalue weighted by atomic mass is 9.69. The van der Waals surface area contributed by atoms with E-state index in [4.69, 9.17) is 0 Å². The molecule has 9 rings (SSSR count). The van der Waals surface area contributed by atoms with Crippen molar-refractivity contribution in [2.75, 3.05) is 9.80 Å². The van der Waals surface area contributed by atoms with E-state index in [1.54, 1.807) is 36.4 Å². The van der Waals surface area contributed by atoms with E-state index in [1.165, 1.54) is 117 Å². The Morgan fingerprint density at radius 1 is 0.491 bits per heavy atom. The topological polar surface area (TPSA) is 40.6 Å². The number of anilines is 5. The van der Waals surface area contributed by atoms with Gasteiger partial charge in [-0.1, -0.05) is 124 Å². The zero-order valence-electron chi connectivity index (χ0n) is 33.0. The molecule has 0 N–H and O–H groups in total. The first kappa shape index (κ1) is 37.4. The van der Waals surface area contributed by atoms with E-state index in [0.717, 1.165) is 11.1 Å². The van der Waals surface area contributed by atoms with Crippen LogP contribution >= 0.6 is 0 Å². The summed E-state index contributed by atoms with van der Waals surface area (Å²) in [6, 6.07) is 54.2. The first-order chi connectivity index (χ1) is 28.0. The lowest BCUT2D eigenvalue weighted by Gasteiger charge is -2.36. The zero-order chi connectivity index (χ0) is 38.7. The molecule has 2 atom stereocenters. The van der Waals surface area contributed by atoms with Gasteiger partial charge in [0.25, 0.3) is 0 Å². The molecule has 0 amide bonds. The van der Waals surface area contributed by atoms with Crippen LogP contribution in [0.5, 0.6) is 0 Å². The highest BCUT2D eigenvalue weighted by Crippen LogP contribution is 2.54. The van der Waals surface area contributed by atoms with E-state index < -0.39 is 9.84 Å². The highest BCUT2D eigenvalue weighted by molar-refractivity contribution is 7.91. The average molecular weight is 771 g/mol. The van der Waals surface area contributed by atoms with Gasteiger partial charge in [-0.05, 0) is 139 Å². The average Bonchev–Trinajstić information content (AvgIpc) is 3.60. The maximum Gasteiger partial charge on any atom is 0.206 e. The predicted molar refractivity (Wildman–Crippen MR) is 236 cm³/mol. The number of fused-ring (bicyclic) bond motifs is 3. The number of hydrogen-bond acceptors (Lipinski definition) is 4. The number of sulfone groups is 1. The van der Waals surface area contributed by atoms with E-state index in [9.17, 15) is 8.42 Å². The lowest BCUT2D eigenvalue weighted by Crippen LogP contribution is -2.30. The summed E-state index contributed by atoms with van der Waals surface area (Å²) >= 11 is 0. The van der Waals surface area contributed by atoms with Crippen LogP contribution in [0.15, 0.2) is 168 Å². The summed E-state index contributed by atoms with van der Waals surface area (Å²) in [5.41, 5.74) is 10.2. The van der Waals surface area contributed by atoms with Gasteiger partial charge >= 0.3 is 0 Å². The molecule has 6 aromatic rings. The standard InChI is InChI=1S/C52H54N2O2S/c55-57(56,46-21-11-6-12-22-46)47-31-26-41(27-32-47)40-24-28-44(29-25-40)54-50-23-13-16-37-52(35-14-2-1-3-15-36-52)38-34-48(50)49-39-45(30-33-51(49)54)53(42-17-7-4-8-18-42)43-19-9-5-10-20-43/h4-12,17-22,24-33,39,48,50H,1-3,13-16,23,34-38H2. The molecular weight excluding hydrogens is 717 g/mol. The van der Waals surface area contributed by atoms with Gasteiger partial charge in [0, 0.05) is 40.4 Å². The molecule has 290 valence electrons. The summed E-state index contributed by atoms with van der Waals surface area (Å²) in [6.07, 6.45) is 17.5. The second kappa shape index (κ2) is 16.4. The van der Waals surface area contributed by atoms with Crippen LogP contribution in [-0.2, 0) is 9.84 Å². The van der Waals surface area contributed by atoms with Gasteiger partial charge < -0.3 is 9.80 Å². The van der Waals surface area contributed by atoms with Crippen LogP contribution in [0.4, 0.5) is 28.4 Å². The van der Waals surface area contributed by atoms with Gasteiger partial charge in [-0.15, -0.1) is 0 Å². The van der Waals surface area contributed by atoms with Crippen molar-refractivity contribution in [1.29, 1.82) is 0 Å². The van der Waals surface area contributed by atoms with Gasteiger partial charge in [-0.25, -0.2) is 8.42 Å². The van der Waals surface area contributed by atoms with Crippen LogP contribution in [0.2, 0.25) is 0 Å². The Labute approximate surface area is 340 Å². The first-order valence-corrected chi connectivity index (χ1v) is 22.8. The highest BCUT2D eigenvalue weighted by atomic mass is 32.2. The quantitative estimate of drug-likeness (QED) is 0.162. The Balaban J connectivity index is 1.07. The van der Waals surface area contributed by atoms with Crippen molar-refractivity contribution < 1.29 is 8.42 Å². The fraction of sp³-hybridized carbons (Fsp3) is 0.308. The van der Waals surface area contributed by atoms with Crippen molar-refractivity contribution in [2.45, 2.75) is 105 Å². The molecule has 0 saturated heterocycles. The third-order valence-corrected chi connectivity index (χ3v) is 15.1. The fourth-order valence-electron chi connectivity index (χ4n) is 10.3. The van der Waals surface area contributed by atoms with Crippen LogP contribution in [0, 0.1) is 5.41 Å². The second-order valence-electron chi connectivity index (χ2n) is 16.7. The van der Waals surface area contributed by atoms with Crippen molar-refractivity contribution in [1.82, 2.24) is 0 Å². The van der Waals surface area contributed by atoms with Crippen LogP contribution in [-0.4, -0.2) is 14.5 Å². The molecule has 57 heavy (non-hydrogen) atoms. The summed E-state index contributed by atoms with van der Waals surface area (Å²) in [4.78, 5) is 5.71. The highest BCUT2D eigenvalue weighted by Gasteiger charge is 2.42. The third-order valence-electron chi connectivity index (χ3n) is 13.3. The minimum absolute atomic E-state index is 0.313. The molecule has 5 heteroatoms. The van der Waals surface area contributed by atoms with Crippen LogP contribution in [0.3, 0.4) is 0 Å². The monoisotopic (exact) mass is 770 g/mol. The summed E-state index contributed by atoms with van der Waals surface area (Å²) in [5.74, 6) is 0.451. The molecule has 0 radical (unpaired) electrons. The van der Waals surface area contributed by atoms with Crippen molar-refractivity contribution in [3.8, 4) is 11.1 Å². The SMILES string of the molecule is O=S(=O)(c1ccccc1)c1ccc(-c2ccc(N3c4ccc(N(c5ccccc5)c5ccccc5)cc4C4CCC5(CCCCCCC5)CCCCC43)cc2)cc1. The Morgan fingerprint density at radius 3 is 1.63 bits per heavy atom. The molecule has 2 fully saturated rings. The molecule has 6 aromatic carbocycles. The smallest absolute Gasteiger partial charge is 0.206 e. The largest absolute Gasteiger partial charge is 0.338 e. The summed E-state index contributed by atoms with van der Waals surface area (Å²) < 4.78 is 26.5. The Hall–Kier alpha value is -5.13. The van der Waals surface area contributed by atoms with Gasteiger partial charge in [0.2, 0.25) is 9.84 Å². The van der Waals surface area contributed by atoms with E-state index >= 15 is 0 Å². The van der Waals surface area contributed by atoms with Crippen LogP contribution in [0.25, 0.3) is 11.1 Å². The molecule has 3 aliphatic rings. The molecule has 1 heterocycles. The van der Waals surface area contributed by atoms with Gasteiger partial charge in [0.1, 0.15) is 0 Å². The summed E-state index contributed by atoms with van der Waals surface area (Å²) in [6.45, 7) is 0. The van der Waals surface area contributed by atoms with E-state index in [2.05, 4.69) is 113 Å². The maximum absolute atomic E-state index is 13.3. The third kappa shape index (κ3) is 7.67. The Kier molecular flexibility index (Phi) is 10.8. The number of benzene rings is 6. The molecular formula is C52H54N2O2S. The number of rotatable bonds is 7. The molecule has 4 nitrogen and oxygen atoms in total. The van der Waals surface area contributed by atoms with Crippen molar-refractivity contribution >= 4 is 38.3 Å². The second-order valence-corrected chi connectivity index (χ2v) is 18.7. The van der Waals surface area contributed by atoms with Crippen molar-refractivity contribution in [3.63, 3.8) is 0 Å². The zero-order valence-corrected chi connectivity index (χ0v) is 33.8. The van der Waals surface area contributed by atoms with Crippen LogP contribution < -0.4 is 9.80 Å². The molecule has 2 aliphatic carbocycles. The van der Waals surface area contributed by atoms with Crippen LogP contribution in [0.1, 0.15) is 95.0 Å². The Bertz CT molecular complexity index is 2310. The van der Waals surface area contributed by atoms with Gasteiger partial charge in [-0.2, -0.15) is 0 Å². The molecule has 1 aliphatic heterocycles. The van der Waals surface area contributed by atoms with Crippen molar-refractivity contribution in [2.24, 2.45) is 5.41 Å². The van der Waals surface area contributed by atoms with Crippen molar-refractivity contribution in [3.05, 3.63) is 163 Å². The molecule has 0 aromatic heterocycles. The number of nitrogens with zero attached hydrogens (tertiary/aromatic N) is 2. The number of para-hydroxylation sites is 2. The van der Waals surface area contributed by atoms with Gasteiger partial charge in [0.05, 0.1) is 9.79 Å². The van der Waals surface area contributed by atoms with E-state index in [1.807, 2.05) is 18.2 Å². The normalized spacial score (nSPS) is 19.6. The van der Waals surface area contributed by atoms with E-state index in [-0.39, 0.29) is 0 Å². The molecule has 1 spiro atoms. The molecule has 0 bridgehead atoms. The summed E-state index contributed by atoms with van der Waals surface area (Å²) in [5, 5.41) is 0.